The van der Waals surface area contributed by atoms with Gasteiger partial charge in [-0.1, -0.05) is 0 Å². The first kappa shape index (κ1) is 10.1. The molecule has 0 fully saturated rings. The molecule has 88 valence electrons. The fourth-order valence-electron chi connectivity index (χ4n) is 2.05. The van der Waals surface area contributed by atoms with Gasteiger partial charge in [0.05, 0.1) is 6.54 Å². The average Bonchev–Trinajstić information content (AvgIpc) is 2.96. The van der Waals surface area contributed by atoms with E-state index < -0.39 is 0 Å². The lowest BCUT2D eigenvalue weighted by atomic mass is 10.1. The van der Waals surface area contributed by atoms with Gasteiger partial charge in [0.15, 0.2) is 17.9 Å². The molecule has 1 aliphatic heterocycles. The quantitative estimate of drug-likeness (QED) is 0.784. The van der Waals surface area contributed by atoms with E-state index in [1.165, 1.54) is 6.39 Å². The molecule has 17 heavy (non-hydrogen) atoms. The second kappa shape index (κ2) is 3.76. The maximum absolute atomic E-state index is 5.42. The molecule has 3 rings (SSSR count). The Balaban J connectivity index is 2.06. The van der Waals surface area contributed by atoms with Crippen molar-refractivity contribution < 1.29 is 4.42 Å². The number of hydrogen-bond acceptors (Lipinski definition) is 5. The van der Waals surface area contributed by atoms with Crippen LogP contribution < -0.4 is 10.6 Å². The maximum Gasteiger partial charge on any atom is 0.195 e. The monoisotopic (exact) mass is 230 g/mol. The van der Waals surface area contributed by atoms with Crippen molar-refractivity contribution >= 4 is 22.7 Å². The summed E-state index contributed by atoms with van der Waals surface area (Å²) < 4.78 is 5.42. The fraction of sp³-hybridized carbons (Fsp3) is 0.333. The molecule has 1 aromatic heterocycles. The van der Waals surface area contributed by atoms with Crippen LogP contribution in [0.3, 0.4) is 0 Å². The lowest BCUT2D eigenvalue weighted by Gasteiger charge is -2.10. The molecule has 5 nitrogen and oxygen atoms in total. The number of aryl methyl sites for hydroxylation is 2. The van der Waals surface area contributed by atoms with Crippen LogP contribution in [0.4, 0.5) is 5.69 Å². The number of nitrogens with one attached hydrogen (secondary N) is 2. The van der Waals surface area contributed by atoms with E-state index in [1.807, 2.05) is 13.8 Å². The van der Waals surface area contributed by atoms with Gasteiger partial charge in [0, 0.05) is 17.8 Å². The normalized spacial score (nSPS) is 14.8. The molecule has 0 saturated carbocycles. The van der Waals surface area contributed by atoms with Crippen LogP contribution in [0.5, 0.6) is 0 Å². The van der Waals surface area contributed by atoms with Gasteiger partial charge < -0.3 is 15.1 Å². The van der Waals surface area contributed by atoms with Crippen LogP contribution in [0.25, 0.3) is 11.1 Å². The summed E-state index contributed by atoms with van der Waals surface area (Å²) in [6, 6.07) is 2.07. The summed E-state index contributed by atoms with van der Waals surface area (Å²) in [5.74, 6) is 0.825. The van der Waals surface area contributed by atoms with Crippen molar-refractivity contribution in [3.8, 4) is 0 Å². The van der Waals surface area contributed by atoms with E-state index in [0.717, 1.165) is 47.0 Å². The highest BCUT2D eigenvalue weighted by Crippen LogP contribution is 2.27. The molecule has 2 N–H and O–H groups in total. The molecule has 1 aliphatic rings. The number of fused-ring (bicyclic) bond motifs is 1. The molecular formula is C12H14N4O. The third-order valence-electron chi connectivity index (χ3n) is 2.97. The highest BCUT2D eigenvalue weighted by atomic mass is 16.3. The molecule has 0 spiro atoms. The van der Waals surface area contributed by atoms with Crippen molar-refractivity contribution in [2.24, 2.45) is 4.99 Å². The summed E-state index contributed by atoms with van der Waals surface area (Å²) in [4.78, 5) is 8.53. The Labute approximate surface area is 98.9 Å². The zero-order valence-electron chi connectivity index (χ0n) is 9.87. The van der Waals surface area contributed by atoms with Gasteiger partial charge in [0.25, 0.3) is 0 Å². The Kier molecular flexibility index (Phi) is 2.24. The van der Waals surface area contributed by atoms with Crippen molar-refractivity contribution in [1.29, 1.82) is 0 Å². The Morgan fingerprint density at radius 2 is 2.29 bits per heavy atom. The first-order chi connectivity index (χ1) is 8.25. The fourth-order valence-corrected chi connectivity index (χ4v) is 2.05. The molecule has 0 bridgehead atoms. The molecule has 2 aromatic rings. The van der Waals surface area contributed by atoms with E-state index in [-0.39, 0.29) is 0 Å². The van der Waals surface area contributed by atoms with Crippen molar-refractivity contribution in [3.63, 3.8) is 0 Å². The molecule has 0 radical (unpaired) electrons. The molecule has 1 aromatic carbocycles. The lowest BCUT2D eigenvalue weighted by Crippen LogP contribution is -2.26. The van der Waals surface area contributed by atoms with Crippen LogP contribution >= 0.6 is 0 Å². The van der Waals surface area contributed by atoms with E-state index >= 15 is 0 Å². The first-order valence-electron chi connectivity index (χ1n) is 5.64. The van der Waals surface area contributed by atoms with Crippen LogP contribution in [-0.4, -0.2) is 24.0 Å². The van der Waals surface area contributed by atoms with Crippen LogP contribution in [-0.2, 0) is 0 Å². The van der Waals surface area contributed by atoms with E-state index in [1.54, 1.807) is 0 Å². The van der Waals surface area contributed by atoms with Gasteiger partial charge in [-0.2, -0.15) is 0 Å². The standard InChI is InChI=1S/C12H14N4O/c1-7-5-9(16-12-13-3-4-14-12)8(2)11-10(7)15-6-17-11/h5-6H,3-4H2,1-2H3,(H2,13,14,16). The summed E-state index contributed by atoms with van der Waals surface area (Å²) in [6.45, 7) is 5.76. The van der Waals surface area contributed by atoms with Crippen molar-refractivity contribution in [2.45, 2.75) is 13.8 Å². The third kappa shape index (κ3) is 1.63. The van der Waals surface area contributed by atoms with Crippen LogP contribution in [0.15, 0.2) is 21.9 Å². The first-order valence-corrected chi connectivity index (χ1v) is 5.64. The second-order valence-electron chi connectivity index (χ2n) is 4.18. The average molecular weight is 230 g/mol. The number of nitrogens with zero attached hydrogens (tertiary/aromatic N) is 2. The summed E-state index contributed by atoms with van der Waals surface area (Å²) in [6.07, 6.45) is 1.49. The molecule has 0 atom stereocenters. The SMILES string of the molecule is Cc1cc(NC2=NCCN2)c(C)c2ocnc12. The molecule has 0 unspecified atom stereocenters. The largest absolute Gasteiger partial charge is 0.443 e. The minimum absolute atomic E-state index is 0.824. The van der Waals surface area contributed by atoms with Gasteiger partial charge in [0.1, 0.15) is 5.52 Å². The number of aliphatic imine (C=N–C) groups is 1. The van der Waals surface area contributed by atoms with E-state index in [9.17, 15) is 0 Å². The smallest absolute Gasteiger partial charge is 0.195 e. The maximum atomic E-state index is 5.42. The van der Waals surface area contributed by atoms with Gasteiger partial charge in [-0.05, 0) is 25.5 Å². The summed E-state index contributed by atoms with van der Waals surface area (Å²) >= 11 is 0. The van der Waals surface area contributed by atoms with Crippen LogP contribution in [0, 0.1) is 13.8 Å². The van der Waals surface area contributed by atoms with Gasteiger partial charge in [0.2, 0.25) is 0 Å². The van der Waals surface area contributed by atoms with Crippen molar-refractivity contribution in [2.75, 3.05) is 18.4 Å². The van der Waals surface area contributed by atoms with Crippen molar-refractivity contribution in [3.05, 3.63) is 23.6 Å². The minimum atomic E-state index is 0.824. The van der Waals surface area contributed by atoms with E-state index in [4.69, 9.17) is 4.42 Å². The molecular weight excluding hydrogens is 216 g/mol. The number of anilines is 1. The number of hydrogen-bond donors (Lipinski definition) is 2. The van der Waals surface area contributed by atoms with Crippen molar-refractivity contribution in [1.82, 2.24) is 10.3 Å². The van der Waals surface area contributed by atoms with Crippen LogP contribution in [0.2, 0.25) is 0 Å². The molecule has 0 aliphatic carbocycles. The van der Waals surface area contributed by atoms with Gasteiger partial charge in [-0.3, -0.25) is 4.99 Å². The minimum Gasteiger partial charge on any atom is -0.443 e. The van der Waals surface area contributed by atoms with Crippen LogP contribution in [0.1, 0.15) is 11.1 Å². The van der Waals surface area contributed by atoms with Gasteiger partial charge in [-0.15, -0.1) is 0 Å². The molecule has 0 amide bonds. The Bertz CT molecular complexity index is 600. The highest BCUT2D eigenvalue weighted by Gasteiger charge is 2.13. The number of rotatable bonds is 1. The predicted molar refractivity (Wildman–Crippen MR) is 67.4 cm³/mol. The number of aromatic nitrogens is 1. The molecule has 5 heteroatoms. The van der Waals surface area contributed by atoms with Gasteiger partial charge in [-0.25, -0.2) is 4.98 Å². The number of guanidine groups is 1. The number of benzene rings is 1. The Hall–Kier alpha value is -2.04. The summed E-state index contributed by atoms with van der Waals surface area (Å²) in [7, 11) is 0. The summed E-state index contributed by atoms with van der Waals surface area (Å²) in [5, 5.41) is 6.47. The topological polar surface area (TPSA) is 62.5 Å². The van der Waals surface area contributed by atoms with Gasteiger partial charge >= 0.3 is 0 Å². The Morgan fingerprint density at radius 3 is 3.06 bits per heavy atom. The van der Waals surface area contributed by atoms with E-state index in [0.29, 0.717) is 0 Å². The predicted octanol–water partition coefficient (Wildman–Crippen LogP) is 1.82. The second-order valence-corrected chi connectivity index (χ2v) is 4.18. The molecule has 0 saturated heterocycles. The summed E-state index contributed by atoms with van der Waals surface area (Å²) in [5.41, 5.74) is 4.93. The zero-order chi connectivity index (χ0) is 11.8. The van der Waals surface area contributed by atoms with E-state index in [2.05, 4.69) is 26.7 Å². The zero-order valence-corrected chi connectivity index (χ0v) is 9.87. The molecule has 2 heterocycles. The number of oxazole rings is 1. The Morgan fingerprint density at radius 1 is 1.41 bits per heavy atom. The highest BCUT2D eigenvalue weighted by molar-refractivity contribution is 5.98. The lowest BCUT2D eigenvalue weighted by molar-refractivity contribution is 0.600. The third-order valence-corrected chi connectivity index (χ3v) is 2.97.